The number of carbonyl (C=O) groups excluding carboxylic acids is 1. The van der Waals surface area contributed by atoms with Crippen molar-refractivity contribution in [3.8, 4) is 0 Å². The zero-order valence-corrected chi connectivity index (χ0v) is 10.7. The fourth-order valence-electron chi connectivity index (χ4n) is 2.04. The van der Waals surface area contributed by atoms with Crippen molar-refractivity contribution in [1.82, 2.24) is 4.98 Å². The van der Waals surface area contributed by atoms with Crippen molar-refractivity contribution >= 4 is 16.7 Å². The normalized spacial score (nSPS) is 11.1. The number of hydrogen-bond acceptors (Lipinski definition) is 2. The fraction of sp³-hybridized carbons (Fsp3) is 0.333. The van der Waals surface area contributed by atoms with Gasteiger partial charge in [0.05, 0.1) is 5.52 Å². The van der Waals surface area contributed by atoms with Gasteiger partial charge in [0, 0.05) is 22.6 Å². The zero-order valence-electron chi connectivity index (χ0n) is 10.7. The lowest BCUT2D eigenvalue weighted by Crippen LogP contribution is -2.11. The molecule has 88 valence electrons. The molecule has 0 amide bonds. The zero-order chi connectivity index (χ0) is 12.6. The van der Waals surface area contributed by atoms with Crippen LogP contribution in [0.25, 0.3) is 10.9 Å². The van der Waals surface area contributed by atoms with E-state index in [1.807, 2.05) is 52.0 Å². The Morgan fingerprint density at radius 2 is 1.82 bits per heavy atom. The summed E-state index contributed by atoms with van der Waals surface area (Å²) < 4.78 is 0. The largest absolute Gasteiger partial charge is 0.294 e. The van der Waals surface area contributed by atoms with Gasteiger partial charge in [-0.25, -0.2) is 0 Å². The first kappa shape index (κ1) is 11.8. The first-order valence-corrected chi connectivity index (χ1v) is 5.92. The number of rotatable bonds is 2. The number of pyridine rings is 1. The van der Waals surface area contributed by atoms with Gasteiger partial charge in [0.1, 0.15) is 0 Å². The molecule has 2 nitrogen and oxygen atoms in total. The molecule has 0 atom stereocenters. The third-order valence-corrected chi connectivity index (χ3v) is 3.15. The molecule has 2 aromatic rings. The van der Waals surface area contributed by atoms with E-state index in [9.17, 15) is 4.79 Å². The van der Waals surface area contributed by atoms with Crippen molar-refractivity contribution in [2.24, 2.45) is 5.92 Å². The molecule has 17 heavy (non-hydrogen) atoms. The number of nitrogens with zero attached hydrogens (tertiary/aromatic N) is 1. The molecule has 0 saturated heterocycles. The lowest BCUT2D eigenvalue weighted by molar-refractivity contribution is 0.0940. The number of hydrogen-bond donors (Lipinski definition) is 0. The molecule has 0 fully saturated rings. The van der Waals surface area contributed by atoms with Crippen molar-refractivity contribution < 1.29 is 4.79 Å². The fourth-order valence-corrected chi connectivity index (χ4v) is 2.04. The summed E-state index contributed by atoms with van der Waals surface area (Å²) >= 11 is 0. The van der Waals surface area contributed by atoms with Crippen molar-refractivity contribution in [3.05, 3.63) is 41.1 Å². The molecule has 0 radical (unpaired) electrons. The Bertz CT molecular complexity index is 585. The second-order valence-electron chi connectivity index (χ2n) is 4.73. The monoisotopic (exact) mass is 227 g/mol. The Hall–Kier alpha value is -1.70. The van der Waals surface area contributed by atoms with Gasteiger partial charge >= 0.3 is 0 Å². The van der Waals surface area contributed by atoms with Crippen LogP contribution in [0.15, 0.2) is 24.3 Å². The maximum atomic E-state index is 12.3. The van der Waals surface area contributed by atoms with E-state index < -0.39 is 0 Å². The summed E-state index contributed by atoms with van der Waals surface area (Å²) in [5.74, 6) is 0.211. The molecule has 0 aliphatic heterocycles. The number of para-hydroxylation sites is 1. The second-order valence-corrected chi connectivity index (χ2v) is 4.73. The molecule has 0 saturated carbocycles. The van der Waals surface area contributed by atoms with Gasteiger partial charge in [0.25, 0.3) is 0 Å². The minimum absolute atomic E-state index is 0.0129. The summed E-state index contributed by atoms with van der Waals surface area (Å²) in [6, 6.07) is 7.84. The van der Waals surface area contributed by atoms with Gasteiger partial charge < -0.3 is 0 Å². The highest BCUT2D eigenvalue weighted by Gasteiger charge is 2.18. The Labute approximate surface area is 102 Å². The molecule has 0 unspecified atom stereocenters. The van der Waals surface area contributed by atoms with Crippen LogP contribution in [0.5, 0.6) is 0 Å². The highest BCUT2D eigenvalue weighted by molar-refractivity contribution is 6.09. The molecule has 1 heterocycles. The van der Waals surface area contributed by atoms with E-state index in [0.29, 0.717) is 0 Å². The topological polar surface area (TPSA) is 30.0 Å². The predicted octanol–water partition coefficient (Wildman–Crippen LogP) is 3.69. The molecule has 1 aromatic heterocycles. The quantitative estimate of drug-likeness (QED) is 0.732. The average Bonchev–Trinajstić information content (AvgIpc) is 2.30. The van der Waals surface area contributed by atoms with Crippen LogP contribution in [0, 0.1) is 19.8 Å². The van der Waals surface area contributed by atoms with Gasteiger partial charge in [-0.05, 0) is 25.5 Å². The second kappa shape index (κ2) is 4.28. The van der Waals surface area contributed by atoms with Gasteiger partial charge in [-0.1, -0.05) is 32.0 Å². The first-order valence-electron chi connectivity index (χ1n) is 5.92. The van der Waals surface area contributed by atoms with E-state index in [-0.39, 0.29) is 11.7 Å². The van der Waals surface area contributed by atoms with Gasteiger partial charge in [0.15, 0.2) is 5.78 Å². The molecule has 0 aliphatic rings. The van der Waals surface area contributed by atoms with Crippen LogP contribution in [0.2, 0.25) is 0 Å². The Morgan fingerprint density at radius 3 is 2.47 bits per heavy atom. The van der Waals surface area contributed by atoms with Gasteiger partial charge in [-0.3, -0.25) is 9.78 Å². The maximum Gasteiger partial charge on any atom is 0.166 e. The summed E-state index contributed by atoms with van der Waals surface area (Å²) in [5, 5.41) is 0.967. The number of fused-ring (bicyclic) bond motifs is 1. The van der Waals surface area contributed by atoms with E-state index in [2.05, 4.69) is 4.98 Å². The molecule has 0 aliphatic carbocycles. The smallest absolute Gasteiger partial charge is 0.166 e. The highest BCUT2D eigenvalue weighted by Crippen LogP contribution is 2.25. The molecule has 2 rings (SSSR count). The van der Waals surface area contributed by atoms with Crippen molar-refractivity contribution in [3.63, 3.8) is 0 Å². The van der Waals surface area contributed by atoms with Crippen LogP contribution < -0.4 is 0 Å². The molecule has 2 heteroatoms. The Balaban J connectivity index is 2.83. The summed E-state index contributed by atoms with van der Waals surface area (Å²) in [6.07, 6.45) is 0. The van der Waals surface area contributed by atoms with Crippen LogP contribution in [-0.2, 0) is 0 Å². The first-order chi connectivity index (χ1) is 8.02. The van der Waals surface area contributed by atoms with Gasteiger partial charge in [-0.15, -0.1) is 0 Å². The minimum atomic E-state index is 0.0129. The van der Waals surface area contributed by atoms with Crippen molar-refractivity contribution in [2.75, 3.05) is 0 Å². The Morgan fingerprint density at radius 1 is 1.18 bits per heavy atom. The van der Waals surface area contributed by atoms with Gasteiger partial charge in [-0.2, -0.15) is 0 Å². The van der Waals surface area contributed by atoms with Crippen LogP contribution in [0.3, 0.4) is 0 Å². The summed E-state index contributed by atoms with van der Waals surface area (Å²) in [5.41, 5.74) is 3.68. The predicted molar refractivity (Wildman–Crippen MR) is 70.4 cm³/mol. The number of aromatic nitrogens is 1. The maximum absolute atomic E-state index is 12.3. The lowest BCUT2D eigenvalue weighted by atomic mass is 9.93. The molecule has 0 N–H and O–H groups in total. The van der Waals surface area contributed by atoms with Crippen LogP contribution >= 0.6 is 0 Å². The third kappa shape index (κ3) is 1.95. The Kier molecular flexibility index (Phi) is 2.97. The summed E-state index contributed by atoms with van der Waals surface area (Å²) in [4.78, 5) is 16.8. The minimum Gasteiger partial charge on any atom is -0.294 e. The van der Waals surface area contributed by atoms with E-state index in [1.54, 1.807) is 0 Å². The molecule has 1 aromatic carbocycles. The number of ketones is 1. The van der Waals surface area contributed by atoms with E-state index in [0.717, 1.165) is 27.7 Å². The van der Waals surface area contributed by atoms with Gasteiger partial charge in [0.2, 0.25) is 0 Å². The van der Waals surface area contributed by atoms with Crippen LogP contribution in [0.4, 0.5) is 0 Å². The van der Waals surface area contributed by atoms with E-state index in [4.69, 9.17) is 0 Å². The number of carbonyl (C=O) groups is 1. The molecular formula is C15H17NO. The standard InChI is InChI=1S/C15H17NO/c1-9(2)15(17)14-10(3)11(4)16-13-8-6-5-7-12(13)14/h5-9H,1-4H3. The number of aryl methyl sites for hydroxylation is 1. The summed E-state index contributed by atoms with van der Waals surface area (Å²) in [6.45, 7) is 7.81. The number of benzene rings is 1. The van der Waals surface area contributed by atoms with Crippen molar-refractivity contribution in [1.29, 1.82) is 0 Å². The molecule has 0 spiro atoms. The van der Waals surface area contributed by atoms with E-state index in [1.165, 1.54) is 0 Å². The van der Waals surface area contributed by atoms with Crippen LogP contribution in [0.1, 0.15) is 35.5 Å². The molecular weight excluding hydrogens is 210 g/mol. The third-order valence-electron chi connectivity index (χ3n) is 3.15. The lowest BCUT2D eigenvalue weighted by Gasteiger charge is -2.13. The van der Waals surface area contributed by atoms with Crippen molar-refractivity contribution in [2.45, 2.75) is 27.7 Å². The highest BCUT2D eigenvalue weighted by atomic mass is 16.1. The van der Waals surface area contributed by atoms with Crippen LogP contribution in [-0.4, -0.2) is 10.8 Å². The average molecular weight is 227 g/mol. The summed E-state index contributed by atoms with van der Waals surface area (Å²) in [7, 11) is 0. The van der Waals surface area contributed by atoms with E-state index >= 15 is 0 Å². The number of Topliss-reactive ketones (excluding diaryl/α,β-unsaturated/α-hetero) is 1. The SMILES string of the molecule is Cc1nc2ccccc2c(C(=O)C(C)C)c1C. The molecule has 0 bridgehead atoms.